The summed E-state index contributed by atoms with van der Waals surface area (Å²) in [5.74, 6) is 1.81. The smallest absolute Gasteiger partial charge is 0.164 e. The molecule has 8 aromatic carbocycles. The molecular formula is C54H34N4O. The second-order valence-corrected chi connectivity index (χ2v) is 14.6. The third-order valence-electron chi connectivity index (χ3n) is 11.0. The Labute approximate surface area is 341 Å². The quantitative estimate of drug-likeness (QED) is 0.162. The van der Waals surface area contributed by atoms with E-state index >= 15 is 0 Å². The predicted octanol–water partition coefficient (Wildman–Crippen LogP) is 14.0. The van der Waals surface area contributed by atoms with E-state index in [-0.39, 0.29) is 0 Å². The van der Waals surface area contributed by atoms with Gasteiger partial charge in [0.15, 0.2) is 17.5 Å². The summed E-state index contributed by atoms with van der Waals surface area (Å²) in [4.78, 5) is 20.5. The second-order valence-electron chi connectivity index (χ2n) is 14.6. The standard InChI is InChI=1S/C54H34N4O/c1-4-12-35(13-5-1)38-20-26-41(27-21-38)52-56-53(42-28-22-39(23-29-42)36-14-6-2-7-15-36)58-54(57-52)43-30-24-40(25-31-43)50-49-46-18-10-11-19-48(46)59-51(49)45-33-32-44(34-47(45)55-50)37-16-8-3-9-17-37/h1-34H. The van der Waals surface area contributed by atoms with Crippen molar-refractivity contribution in [1.82, 2.24) is 19.9 Å². The van der Waals surface area contributed by atoms with Crippen molar-refractivity contribution in [2.45, 2.75) is 0 Å². The minimum atomic E-state index is 0.591. The lowest BCUT2D eigenvalue weighted by Crippen LogP contribution is -2.00. The summed E-state index contributed by atoms with van der Waals surface area (Å²) in [7, 11) is 0. The summed E-state index contributed by atoms with van der Waals surface area (Å²) >= 11 is 0. The van der Waals surface area contributed by atoms with Gasteiger partial charge in [-0.2, -0.15) is 0 Å². The molecule has 3 aromatic heterocycles. The lowest BCUT2D eigenvalue weighted by atomic mass is 9.99. The highest BCUT2D eigenvalue weighted by atomic mass is 16.3. The van der Waals surface area contributed by atoms with Crippen LogP contribution in [0.1, 0.15) is 0 Å². The van der Waals surface area contributed by atoms with Crippen molar-refractivity contribution in [2.24, 2.45) is 0 Å². The molecule has 0 atom stereocenters. The van der Waals surface area contributed by atoms with Gasteiger partial charge in [0.1, 0.15) is 11.2 Å². The number of pyridine rings is 1. The molecule has 0 amide bonds. The summed E-state index contributed by atoms with van der Waals surface area (Å²) in [5.41, 5.74) is 13.9. The van der Waals surface area contributed by atoms with Crippen molar-refractivity contribution in [2.75, 3.05) is 0 Å². The molecule has 0 N–H and O–H groups in total. The van der Waals surface area contributed by atoms with E-state index in [1.54, 1.807) is 0 Å². The van der Waals surface area contributed by atoms with Gasteiger partial charge in [0.05, 0.1) is 16.6 Å². The molecular weight excluding hydrogens is 721 g/mol. The first-order chi connectivity index (χ1) is 29.2. The van der Waals surface area contributed by atoms with E-state index < -0.39 is 0 Å². The van der Waals surface area contributed by atoms with Gasteiger partial charge in [-0.1, -0.05) is 188 Å². The predicted molar refractivity (Wildman–Crippen MR) is 240 cm³/mol. The molecule has 0 fully saturated rings. The Balaban J connectivity index is 1.02. The molecule has 0 aliphatic heterocycles. The molecule has 276 valence electrons. The number of furan rings is 1. The zero-order valence-electron chi connectivity index (χ0n) is 31.8. The van der Waals surface area contributed by atoms with Gasteiger partial charge in [-0.15, -0.1) is 0 Å². The molecule has 0 aliphatic carbocycles. The third-order valence-corrected chi connectivity index (χ3v) is 11.0. The average Bonchev–Trinajstić information content (AvgIpc) is 3.72. The van der Waals surface area contributed by atoms with Gasteiger partial charge >= 0.3 is 0 Å². The fraction of sp³-hybridized carbons (Fsp3) is 0. The SMILES string of the molecule is c1ccc(-c2ccc(-c3nc(-c4ccc(-c5ccccc5)cc4)nc(-c4ccc(-c5nc6cc(-c7ccccc7)ccc6c6oc7ccccc7c56)cc4)n3)cc2)cc1. The number of rotatable bonds is 7. The second kappa shape index (κ2) is 14.5. The van der Waals surface area contributed by atoms with Crippen LogP contribution < -0.4 is 0 Å². The van der Waals surface area contributed by atoms with E-state index in [4.69, 9.17) is 24.4 Å². The van der Waals surface area contributed by atoms with Crippen LogP contribution >= 0.6 is 0 Å². The minimum Gasteiger partial charge on any atom is -0.455 e. The van der Waals surface area contributed by atoms with Crippen LogP contribution in [-0.2, 0) is 0 Å². The van der Waals surface area contributed by atoms with Crippen LogP contribution in [0.4, 0.5) is 0 Å². The van der Waals surface area contributed by atoms with Crippen LogP contribution in [0, 0.1) is 0 Å². The van der Waals surface area contributed by atoms with Crippen molar-refractivity contribution in [3.05, 3.63) is 206 Å². The highest BCUT2D eigenvalue weighted by molar-refractivity contribution is 6.19. The Kier molecular flexibility index (Phi) is 8.41. The summed E-state index contributed by atoms with van der Waals surface area (Å²) in [6, 6.07) is 71.0. The van der Waals surface area contributed by atoms with Crippen molar-refractivity contribution in [3.63, 3.8) is 0 Å². The average molecular weight is 755 g/mol. The molecule has 0 bridgehead atoms. The number of nitrogens with zero attached hydrogens (tertiary/aromatic N) is 4. The molecule has 0 spiro atoms. The number of para-hydroxylation sites is 1. The first-order valence-electron chi connectivity index (χ1n) is 19.7. The summed E-state index contributed by atoms with van der Waals surface area (Å²) in [5, 5.41) is 3.01. The number of hydrogen-bond acceptors (Lipinski definition) is 5. The van der Waals surface area contributed by atoms with Crippen molar-refractivity contribution in [3.8, 4) is 78.8 Å². The molecule has 0 saturated carbocycles. The van der Waals surface area contributed by atoms with Crippen LogP contribution in [0.3, 0.4) is 0 Å². The minimum absolute atomic E-state index is 0.591. The third kappa shape index (κ3) is 6.41. The van der Waals surface area contributed by atoms with Gasteiger partial charge in [0.2, 0.25) is 0 Å². The van der Waals surface area contributed by atoms with Gasteiger partial charge in [0.25, 0.3) is 0 Å². The van der Waals surface area contributed by atoms with Gasteiger partial charge in [-0.25, -0.2) is 19.9 Å². The molecule has 11 aromatic rings. The van der Waals surface area contributed by atoms with Gasteiger partial charge < -0.3 is 4.42 Å². The molecule has 3 heterocycles. The van der Waals surface area contributed by atoms with Crippen molar-refractivity contribution >= 4 is 32.8 Å². The first kappa shape index (κ1) is 34.2. The van der Waals surface area contributed by atoms with Crippen LogP contribution in [0.15, 0.2) is 211 Å². The van der Waals surface area contributed by atoms with Crippen LogP contribution in [0.25, 0.3) is 112 Å². The summed E-state index contributed by atoms with van der Waals surface area (Å²) in [6.45, 7) is 0. The summed E-state index contributed by atoms with van der Waals surface area (Å²) in [6.07, 6.45) is 0. The maximum Gasteiger partial charge on any atom is 0.164 e. The topological polar surface area (TPSA) is 64.7 Å². The Hall–Kier alpha value is -8.02. The van der Waals surface area contributed by atoms with Gasteiger partial charge in [-0.3, -0.25) is 0 Å². The highest BCUT2D eigenvalue weighted by Crippen LogP contribution is 2.41. The molecule has 59 heavy (non-hydrogen) atoms. The Morgan fingerprint density at radius 1 is 0.288 bits per heavy atom. The van der Waals surface area contributed by atoms with E-state index in [1.807, 2.05) is 36.4 Å². The van der Waals surface area contributed by atoms with E-state index in [0.29, 0.717) is 17.5 Å². The molecule has 0 radical (unpaired) electrons. The molecule has 11 rings (SSSR count). The maximum absolute atomic E-state index is 6.57. The highest BCUT2D eigenvalue weighted by Gasteiger charge is 2.19. The fourth-order valence-electron chi connectivity index (χ4n) is 7.91. The fourth-order valence-corrected chi connectivity index (χ4v) is 7.91. The van der Waals surface area contributed by atoms with E-state index in [0.717, 1.165) is 94.2 Å². The van der Waals surface area contributed by atoms with Crippen LogP contribution in [0.2, 0.25) is 0 Å². The molecule has 5 heteroatoms. The first-order valence-corrected chi connectivity index (χ1v) is 19.7. The normalized spacial score (nSPS) is 11.4. The van der Waals surface area contributed by atoms with Crippen molar-refractivity contribution < 1.29 is 4.42 Å². The number of fused-ring (bicyclic) bond motifs is 5. The van der Waals surface area contributed by atoms with Gasteiger partial charge in [0, 0.05) is 33.0 Å². The molecule has 0 aliphatic rings. The zero-order chi connectivity index (χ0) is 39.1. The molecule has 5 nitrogen and oxygen atoms in total. The Morgan fingerprint density at radius 3 is 1.19 bits per heavy atom. The maximum atomic E-state index is 6.57. The number of hydrogen-bond donors (Lipinski definition) is 0. The van der Waals surface area contributed by atoms with Gasteiger partial charge in [-0.05, 0) is 51.6 Å². The Morgan fingerprint density at radius 2 is 0.678 bits per heavy atom. The largest absolute Gasteiger partial charge is 0.455 e. The van der Waals surface area contributed by atoms with E-state index in [9.17, 15) is 0 Å². The number of benzene rings is 8. The van der Waals surface area contributed by atoms with E-state index in [1.165, 1.54) is 0 Å². The molecule has 0 unspecified atom stereocenters. The molecule has 0 saturated heterocycles. The Bertz CT molecular complexity index is 3170. The number of aromatic nitrogens is 4. The van der Waals surface area contributed by atoms with Crippen molar-refractivity contribution in [1.29, 1.82) is 0 Å². The van der Waals surface area contributed by atoms with Crippen LogP contribution in [0.5, 0.6) is 0 Å². The monoisotopic (exact) mass is 754 g/mol. The zero-order valence-corrected chi connectivity index (χ0v) is 31.8. The van der Waals surface area contributed by atoms with Crippen LogP contribution in [-0.4, -0.2) is 19.9 Å². The lowest BCUT2D eigenvalue weighted by Gasteiger charge is -2.11. The summed E-state index contributed by atoms with van der Waals surface area (Å²) < 4.78 is 6.57. The van der Waals surface area contributed by atoms with E-state index in [2.05, 4.69) is 170 Å². The lowest BCUT2D eigenvalue weighted by molar-refractivity contribution is 0.672.